The van der Waals surface area contributed by atoms with Crippen LogP contribution in [0.4, 0.5) is 5.69 Å². The van der Waals surface area contributed by atoms with E-state index in [-0.39, 0.29) is 24.4 Å². The van der Waals surface area contributed by atoms with Crippen LogP contribution in [-0.4, -0.2) is 38.1 Å². The van der Waals surface area contributed by atoms with Crippen LogP contribution >= 0.6 is 11.6 Å². The molecule has 37 heavy (non-hydrogen) atoms. The van der Waals surface area contributed by atoms with Crippen LogP contribution in [0.5, 0.6) is 0 Å². The molecule has 10 heteroatoms. The molecular weight excluding hydrogens is 492 g/mol. The van der Waals surface area contributed by atoms with Gasteiger partial charge in [-0.15, -0.1) is 10.2 Å². The zero-order valence-electron chi connectivity index (χ0n) is 20.4. The molecule has 2 aromatic carbocycles. The fourth-order valence-electron chi connectivity index (χ4n) is 4.57. The van der Waals surface area contributed by atoms with E-state index in [1.165, 1.54) is 9.70 Å². The van der Waals surface area contributed by atoms with Gasteiger partial charge in [-0.3, -0.25) is 14.5 Å². The van der Waals surface area contributed by atoms with Crippen LogP contribution in [0.25, 0.3) is 11.4 Å². The van der Waals surface area contributed by atoms with Crippen molar-refractivity contribution in [2.75, 3.05) is 4.90 Å². The maximum atomic E-state index is 13.8. The first-order chi connectivity index (χ1) is 18.0. The number of nitrogens with one attached hydrogen (secondary N) is 1. The molecule has 0 saturated heterocycles. The van der Waals surface area contributed by atoms with Crippen LogP contribution < -0.4 is 10.2 Å². The molecule has 0 bridgehead atoms. The lowest BCUT2D eigenvalue weighted by atomic mass is 10.1. The van der Waals surface area contributed by atoms with Crippen molar-refractivity contribution in [3.63, 3.8) is 0 Å². The molecule has 2 amide bonds. The summed E-state index contributed by atoms with van der Waals surface area (Å²) in [5.74, 6) is 0.741. The Labute approximate surface area is 219 Å². The standard InChI is InChI=1S/C27H27ClN6O3/c1-18-11-16-23(37-18)25(27(36)29-21-7-5-6-8-21)34(22-9-3-2-4-10-22)24(35)17-33-31-26(30-32-33)19-12-14-20(28)15-13-19/h2-4,9-16,21,25H,5-8,17H2,1H3,(H,29,36)/t25-/m1/s1. The van der Waals surface area contributed by atoms with Crippen molar-refractivity contribution in [3.05, 3.63) is 83.3 Å². The van der Waals surface area contributed by atoms with E-state index < -0.39 is 6.04 Å². The van der Waals surface area contributed by atoms with Gasteiger partial charge in [-0.05, 0) is 73.5 Å². The van der Waals surface area contributed by atoms with Crippen LogP contribution in [0.3, 0.4) is 0 Å². The Kier molecular flexibility index (Phi) is 7.32. The molecule has 0 aliphatic heterocycles. The second-order valence-electron chi connectivity index (χ2n) is 9.09. The number of benzene rings is 2. The summed E-state index contributed by atoms with van der Waals surface area (Å²) in [6.45, 7) is 1.59. The number of nitrogens with zero attached hydrogens (tertiary/aromatic N) is 5. The molecule has 2 aromatic heterocycles. The number of tetrazole rings is 1. The van der Waals surface area contributed by atoms with Crippen LogP contribution in [0.15, 0.2) is 71.1 Å². The molecule has 190 valence electrons. The molecule has 5 rings (SSSR count). The maximum absolute atomic E-state index is 13.8. The van der Waals surface area contributed by atoms with Crippen molar-refractivity contribution in [3.8, 4) is 11.4 Å². The van der Waals surface area contributed by atoms with E-state index in [9.17, 15) is 9.59 Å². The lowest BCUT2D eigenvalue weighted by Gasteiger charge is -2.30. The molecule has 1 atom stereocenters. The van der Waals surface area contributed by atoms with Gasteiger partial charge in [0.25, 0.3) is 11.8 Å². The zero-order chi connectivity index (χ0) is 25.8. The van der Waals surface area contributed by atoms with Gasteiger partial charge in [-0.2, -0.15) is 4.80 Å². The van der Waals surface area contributed by atoms with E-state index in [0.717, 1.165) is 31.2 Å². The molecule has 1 saturated carbocycles. The van der Waals surface area contributed by atoms with E-state index in [0.29, 0.717) is 28.1 Å². The summed E-state index contributed by atoms with van der Waals surface area (Å²) >= 11 is 5.97. The minimum atomic E-state index is -0.997. The Bertz CT molecular complexity index is 1360. The molecule has 1 N–H and O–H groups in total. The lowest BCUT2D eigenvalue weighted by Crippen LogP contribution is -2.47. The summed E-state index contributed by atoms with van der Waals surface area (Å²) in [6, 6.07) is 18.7. The number of anilines is 1. The number of rotatable bonds is 8. The third-order valence-electron chi connectivity index (χ3n) is 6.37. The van der Waals surface area contributed by atoms with Gasteiger partial charge in [0.1, 0.15) is 18.1 Å². The van der Waals surface area contributed by atoms with Gasteiger partial charge in [-0.25, -0.2) is 0 Å². The van der Waals surface area contributed by atoms with Gasteiger partial charge >= 0.3 is 0 Å². The number of aromatic nitrogens is 4. The Morgan fingerprint density at radius 1 is 1.08 bits per heavy atom. The number of hydrogen-bond acceptors (Lipinski definition) is 6. The minimum Gasteiger partial charge on any atom is -0.464 e. The van der Waals surface area contributed by atoms with Crippen molar-refractivity contribution in [2.24, 2.45) is 0 Å². The van der Waals surface area contributed by atoms with Crippen LogP contribution in [0, 0.1) is 6.92 Å². The van der Waals surface area contributed by atoms with Gasteiger partial charge < -0.3 is 9.73 Å². The molecule has 4 aromatic rings. The smallest absolute Gasteiger partial charge is 0.251 e. The number of carbonyl (C=O) groups is 2. The number of hydrogen-bond donors (Lipinski definition) is 1. The topological polar surface area (TPSA) is 106 Å². The molecule has 0 spiro atoms. The summed E-state index contributed by atoms with van der Waals surface area (Å²) < 4.78 is 5.89. The Morgan fingerprint density at radius 2 is 1.81 bits per heavy atom. The number of amides is 2. The second-order valence-corrected chi connectivity index (χ2v) is 9.53. The summed E-state index contributed by atoms with van der Waals surface area (Å²) in [7, 11) is 0. The SMILES string of the molecule is Cc1ccc([C@H](C(=O)NC2CCCC2)N(C(=O)Cn2nnc(-c3ccc(Cl)cc3)n2)c2ccccc2)o1. The predicted octanol–water partition coefficient (Wildman–Crippen LogP) is 4.73. The number of halogens is 1. The first kappa shape index (κ1) is 24.7. The zero-order valence-corrected chi connectivity index (χ0v) is 21.1. The average Bonchev–Trinajstić information content (AvgIpc) is 3.66. The van der Waals surface area contributed by atoms with E-state index in [4.69, 9.17) is 16.0 Å². The number of carbonyl (C=O) groups excluding carboxylic acids is 2. The number of aryl methyl sites for hydroxylation is 1. The minimum absolute atomic E-state index is 0.0812. The Hall–Kier alpha value is -3.98. The fraction of sp³-hybridized carbons (Fsp3) is 0.296. The van der Waals surface area contributed by atoms with E-state index in [1.807, 2.05) is 25.1 Å². The summed E-state index contributed by atoms with van der Waals surface area (Å²) in [6.07, 6.45) is 3.99. The monoisotopic (exact) mass is 518 g/mol. The molecule has 0 radical (unpaired) electrons. The number of para-hydroxylation sites is 1. The molecule has 1 fully saturated rings. The van der Waals surface area contributed by atoms with Gasteiger partial charge in [0.05, 0.1) is 0 Å². The van der Waals surface area contributed by atoms with E-state index in [1.54, 1.807) is 48.5 Å². The van der Waals surface area contributed by atoms with E-state index >= 15 is 0 Å². The highest BCUT2D eigenvalue weighted by Gasteiger charge is 2.36. The quantitative estimate of drug-likeness (QED) is 0.361. The third kappa shape index (κ3) is 5.72. The van der Waals surface area contributed by atoms with E-state index in [2.05, 4.69) is 20.7 Å². The highest BCUT2D eigenvalue weighted by Crippen LogP contribution is 2.30. The van der Waals surface area contributed by atoms with Crippen molar-refractivity contribution < 1.29 is 14.0 Å². The highest BCUT2D eigenvalue weighted by molar-refractivity contribution is 6.30. The van der Waals surface area contributed by atoms with Gasteiger partial charge in [0.15, 0.2) is 6.04 Å². The third-order valence-corrected chi connectivity index (χ3v) is 6.63. The van der Waals surface area contributed by atoms with Crippen LogP contribution in [-0.2, 0) is 16.1 Å². The molecule has 1 aliphatic carbocycles. The largest absolute Gasteiger partial charge is 0.464 e. The number of furan rings is 1. The Morgan fingerprint density at radius 3 is 2.49 bits per heavy atom. The predicted molar refractivity (Wildman–Crippen MR) is 139 cm³/mol. The second kappa shape index (κ2) is 11.0. The Balaban J connectivity index is 1.46. The molecule has 9 nitrogen and oxygen atoms in total. The molecular formula is C27H27ClN6O3. The fourth-order valence-corrected chi connectivity index (χ4v) is 4.70. The van der Waals surface area contributed by atoms with Crippen LogP contribution in [0.1, 0.15) is 43.2 Å². The first-order valence-corrected chi connectivity index (χ1v) is 12.6. The maximum Gasteiger partial charge on any atom is 0.251 e. The van der Waals surface area contributed by atoms with Crippen LogP contribution in [0.2, 0.25) is 5.02 Å². The normalized spacial score (nSPS) is 14.4. The first-order valence-electron chi connectivity index (χ1n) is 12.3. The van der Waals surface area contributed by atoms with Crippen molar-refractivity contribution in [2.45, 2.75) is 51.2 Å². The van der Waals surface area contributed by atoms with Gasteiger partial charge in [-0.1, -0.05) is 42.6 Å². The summed E-state index contributed by atoms with van der Waals surface area (Å²) in [5, 5.41) is 16.2. The van der Waals surface area contributed by atoms with Crippen molar-refractivity contribution in [1.29, 1.82) is 0 Å². The summed E-state index contributed by atoms with van der Waals surface area (Å²) in [4.78, 5) is 30.2. The van der Waals surface area contributed by atoms with Gasteiger partial charge in [0.2, 0.25) is 5.82 Å². The molecule has 0 unspecified atom stereocenters. The van der Waals surface area contributed by atoms with Gasteiger partial charge in [0, 0.05) is 22.3 Å². The summed E-state index contributed by atoms with van der Waals surface area (Å²) in [5.41, 5.74) is 1.29. The van der Waals surface area contributed by atoms with Crippen molar-refractivity contribution >= 4 is 29.1 Å². The van der Waals surface area contributed by atoms with Crippen molar-refractivity contribution in [1.82, 2.24) is 25.5 Å². The molecule has 1 aliphatic rings. The average molecular weight is 519 g/mol. The molecule has 2 heterocycles. The highest BCUT2D eigenvalue weighted by atomic mass is 35.5. The lowest BCUT2D eigenvalue weighted by molar-refractivity contribution is -0.128.